The molecule has 0 saturated carbocycles. The van der Waals surface area contributed by atoms with Crippen LogP contribution in [0, 0.1) is 0 Å². The van der Waals surface area contributed by atoms with Crippen LogP contribution in [-0.4, -0.2) is 19.2 Å². The fraction of sp³-hybridized carbons (Fsp3) is 0.462. The molecule has 1 aromatic rings. The average Bonchev–Trinajstić information content (AvgIpc) is 2.29. The largest absolute Gasteiger partial charge is 0.497 e. The fourth-order valence-corrected chi connectivity index (χ4v) is 1.60. The Morgan fingerprint density at radius 1 is 1.47 bits per heavy atom. The van der Waals surface area contributed by atoms with Gasteiger partial charge in [-0.2, -0.15) is 0 Å². The zero-order chi connectivity index (χ0) is 12.7. The lowest BCUT2D eigenvalue weighted by Gasteiger charge is -2.13. The number of methoxy groups -OCH3 is 1. The number of rotatable bonds is 5. The Balaban J connectivity index is 2.49. The topological polar surface area (TPSA) is 50.4 Å². The Hall–Kier alpha value is -1.71. The third-order valence-electron chi connectivity index (χ3n) is 2.43. The van der Waals surface area contributed by atoms with E-state index < -0.39 is 0 Å². The van der Waals surface area contributed by atoms with Gasteiger partial charge in [-0.05, 0) is 25.5 Å². The van der Waals surface area contributed by atoms with Gasteiger partial charge in [-0.15, -0.1) is 0 Å². The van der Waals surface area contributed by atoms with E-state index in [-0.39, 0.29) is 12.1 Å². The zero-order valence-electron chi connectivity index (χ0n) is 10.6. The number of urea groups is 1. The van der Waals surface area contributed by atoms with E-state index in [9.17, 15) is 4.79 Å². The number of carbonyl (C=O) groups excluding carboxylic acids is 1. The minimum atomic E-state index is -0.181. The molecule has 2 amide bonds. The zero-order valence-corrected chi connectivity index (χ0v) is 10.6. The Labute approximate surface area is 102 Å². The van der Waals surface area contributed by atoms with Gasteiger partial charge in [0.05, 0.1) is 7.11 Å². The van der Waals surface area contributed by atoms with Crippen molar-refractivity contribution in [1.29, 1.82) is 0 Å². The Morgan fingerprint density at radius 3 is 2.88 bits per heavy atom. The second kappa shape index (κ2) is 6.78. The molecule has 0 saturated heterocycles. The molecule has 0 aliphatic heterocycles. The van der Waals surface area contributed by atoms with Crippen LogP contribution in [0.15, 0.2) is 24.3 Å². The molecule has 0 aromatic heterocycles. The molecule has 0 bridgehead atoms. The highest BCUT2D eigenvalue weighted by atomic mass is 16.5. The van der Waals surface area contributed by atoms with Crippen molar-refractivity contribution < 1.29 is 9.53 Å². The molecular weight excluding hydrogens is 216 g/mol. The summed E-state index contributed by atoms with van der Waals surface area (Å²) in [4.78, 5) is 11.6. The Kier molecular flexibility index (Phi) is 5.33. The Bertz CT molecular complexity index is 366. The molecule has 0 heterocycles. The van der Waals surface area contributed by atoms with Gasteiger partial charge in [0.1, 0.15) is 5.75 Å². The van der Waals surface area contributed by atoms with Gasteiger partial charge in [-0.3, -0.25) is 0 Å². The van der Waals surface area contributed by atoms with Gasteiger partial charge in [0.2, 0.25) is 0 Å². The van der Waals surface area contributed by atoms with Gasteiger partial charge in [0, 0.05) is 17.8 Å². The maximum Gasteiger partial charge on any atom is 0.319 e. The van der Waals surface area contributed by atoms with Crippen molar-refractivity contribution in [1.82, 2.24) is 5.32 Å². The SMILES string of the molecule is CCC[C@@H](C)NC(=O)Nc1cccc(OC)c1. The van der Waals surface area contributed by atoms with Crippen LogP contribution < -0.4 is 15.4 Å². The molecule has 0 unspecified atom stereocenters. The lowest BCUT2D eigenvalue weighted by molar-refractivity contribution is 0.248. The lowest BCUT2D eigenvalue weighted by atomic mass is 10.2. The van der Waals surface area contributed by atoms with Crippen LogP contribution in [0.3, 0.4) is 0 Å². The van der Waals surface area contributed by atoms with Gasteiger partial charge in [0.15, 0.2) is 0 Å². The molecule has 2 N–H and O–H groups in total. The number of anilines is 1. The van der Waals surface area contributed by atoms with E-state index >= 15 is 0 Å². The molecule has 1 atom stereocenters. The molecule has 4 heteroatoms. The van der Waals surface area contributed by atoms with Crippen LogP contribution in [0.1, 0.15) is 26.7 Å². The summed E-state index contributed by atoms with van der Waals surface area (Å²) < 4.78 is 5.08. The minimum absolute atomic E-state index is 0.181. The van der Waals surface area contributed by atoms with Gasteiger partial charge < -0.3 is 15.4 Å². The van der Waals surface area contributed by atoms with Crippen molar-refractivity contribution in [2.24, 2.45) is 0 Å². The molecule has 0 aliphatic carbocycles. The second-order valence-electron chi connectivity index (χ2n) is 4.02. The van der Waals surface area contributed by atoms with Gasteiger partial charge in [-0.1, -0.05) is 19.4 Å². The molecule has 4 nitrogen and oxygen atoms in total. The second-order valence-corrected chi connectivity index (χ2v) is 4.02. The lowest BCUT2D eigenvalue weighted by Crippen LogP contribution is -2.35. The summed E-state index contributed by atoms with van der Waals surface area (Å²) in [6.07, 6.45) is 2.03. The van der Waals surface area contributed by atoms with Crippen LogP contribution in [0.5, 0.6) is 5.75 Å². The van der Waals surface area contributed by atoms with Crippen molar-refractivity contribution in [2.75, 3.05) is 12.4 Å². The first-order valence-electron chi connectivity index (χ1n) is 5.87. The number of amides is 2. The van der Waals surface area contributed by atoms with E-state index in [2.05, 4.69) is 17.6 Å². The molecule has 1 rings (SSSR count). The monoisotopic (exact) mass is 236 g/mol. The first-order valence-corrected chi connectivity index (χ1v) is 5.87. The third-order valence-corrected chi connectivity index (χ3v) is 2.43. The maximum absolute atomic E-state index is 11.6. The van der Waals surface area contributed by atoms with Gasteiger partial charge in [-0.25, -0.2) is 4.79 Å². The molecule has 0 aliphatic rings. The molecule has 0 fully saturated rings. The molecular formula is C13H20N2O2. The van der Waals surface area contributed by atoms with Gasteiger partial charge >= 0.3 is 6.03 Å². The quantitative estimate of drug-likeness (QED) is 0.825. The maximum atomic E-state index is 11.6. The van der Waals surface area contributed by atoms with E-state index in [0.29, 0.717) is 0 Å². The van der Waals surface area contributed by atoms with Crippen LogP contribution >= 0.6 is 0 Å². The van der Waals surface area contributed by atoms with E-state index in [0.717, 1.165) is 24.3 Å². The predicted octanol–water partition coefficient (Wildman–Crippen LogP) is 3.01. The fourth-order valence-electron chi connectivity index (χ4n) is 1.60. The molecule has 1 aromatic carbocycles. The van der Waals surface area contributed by atoms with E-state index in [1.165, 1.54) is 0 Å². The van der Waals surface area contributed by atoms with E-state index in [1.807, 2.05) is 25.1 Å². The number of hydrogen-bond acceptors (Lipinski definition) is 2. The summed E-state index contributed by atoms with van der Waals surface area (Å²) in [6, 6.07) is 7.29. The number of ether oxygens (including phenoxy) is 1. The molecule has 17 heavy (non-hydrogen) atoms. The van der Waals surface area contributed by atoms with Crippen LogP contribution in [0.25, 0.3) is 0 Å². The summed E-state index contributed by atoms with van der Waals surface area (Å²) in [5.74, 6) is 0.726. The highest BCUT2D eigenvalue weighted by Gasteiger charge is 2.06. The van der Waals surface area contributed by atoms with Crippen molar-refractivity contribution in [3.8, 4) is 5.75 Å². The third kappa shape index (κ3) is 4.76. The summed E-state index contributed by atoms with van der Waals surface area (Å²) >= 11 is 0. The van der Waals surface area contributed by atoms with Crippen molar-refractivity contribution >= 4 is 11.7 Å². The number of carbonyl (C=O) groups is 1. The highest BCUT2D eigenvalue weighted by molar-refractivity contribution is 5.89. The van der Waals surface area contributed by atoms with E-state index in [4.69, 9.17) is 4.74 Å². The summed E-state index contributed by atoms with van der Waals surface area (Å²) in [5, 5.41) is 5.65. The van der Waals surface area contributed by atoms with E-state index in [1.54, 1.807) is 13.2 Å². The number of benzene rings is 1. The first-order chi connectivity index (χ1) is 8.15. The normalized spacial score (nSPS) is 11.7. The predicted molar refractivity (Wildman–Crippen MR) is 69.5 cm³/mol. The number of hydrogen-bond donors (Lipinski definition) is 2. The number of nitrogens with one attached hydrogen (secondary N) is 2. The molecule has 0 spiro atoms. The van der Waals surface area contributed by atoms with Crippen molar-refractivity contribution in [3.05, 3.63) is 24.3 Å². The standard InChI is InChI=1S/C13H20N2O2/c1-4-6-10(2)14-13(16)15-11-7-5-8-12(9-11)17-3/h5,7-10H,4,6H2,1-3H3,(H2,14,15,16)/t10-/m1/s1. The first kappa shape index (κ1) is 13.4. The minimum Gasteiger partial charge on any atom is -0.497 e. The Morgan fingerprint density at radius 2 is 2.24 bits per heavy atom. The molecule has 0 radical (unpaired) electrons. The van der Waals surface area contributed by atoms with Crippen LogP contribution in [0.2, 0.25) is 0 Å². The van der Waals surface area contributed by atoms with Crippen molar-refractivity contribution in [2.45, 2.75) is 32.7 Å². The smallest absolute Gasteiger partial charge is 0.319 e. The summed E-state index contributed by atoms with van der Waals surface area (Å²) in [5.41, 5.74) is 0.727. The highest BCUT2D eigenvalue weighted by Crippen LogP contribution is 2.16. The van der Waals surface area contributed by atoms with Crippen molar-refractivity contribution in [3.63, 3.8) is 0 Å². The summed E-state index contributed by atoms with van der Waals surface area (Å²) in [7, 11) is 1.60. The summed E-state index contributed by atoms with van der Waals surface area (Å²) in [6.45, 7) is 4.09. The van der Waals surface area contributed by atoms with Crippen LogP contribution in [-0.2, 0) is 0 Å². The molecule has 94 valence electrons. The van der Waals surface area contributed by atoms with Crippen LogP contribution in [0.4, 0.5) is 10.5 Å². The average molecular weight is 236 g/mol. The van der Waals surface area contributed by atoms with Gasteiger partial charge in [0.25, 0.3) is 0 Å².